The van der Waals surface area contributed by atoms with Crippen molar-refractivity contribution in [1.29, 1.82) is 0 Å². The van der Waals surface area contributed by atoms with Gasteiger partial charge in [0.25, 0.3) is 5.22 Å². The largest absolute Gasteiger partial charge is 0.416 e. The molecule has 3 rings (SSSR count). The molecule has 5 nitrogen and oxygen atoms in total. The highest BCUT2D eigenvalue weighted by atomic mass is 32.2. The molecule has 1 aliphatic rings. The Morgan fingerprint density at radius 2 is 2.24 bits per heavy atom. The number of hydrogen-bond donors (Lipinski definition) is 0. The quantitative estimate of drug-likeness (QED) is 0.816. The molecule has 2 heterocycles. The molecule has 0 bridgehead atoms. The van der Waals surface area contributed by atoms with Gasteiger partial charge >= 0.3 is 0 Å². The van der Waals surface area contributed by atoms with Gasteiger partial charge in [-0.2, -0.15) is 0 Å². The Kier molecular flexibility index (Phi) is 3.96. The number of thioether (sulfide) groups is 1. The normalized spacial score (nSPS) is 17.6. The predicted molar refractivity (Wildman–Crippen MR) is 81.5 cm³/mol. The summed E-state index contributed by atoms with van der Waals surface area (Å²) in [6, 6.07) is 8.33. The zero-order valence-electron chi connectivity index (χ0n) is 12.1. The van der Waals surface area contributed by atoms with E-state index in [4.69, 9.17) is 4.42 Å². The second-order valence-electron chi connectivity index (χ2n) is 5.16. The number of amides is 1. The van der Waals surface area contributed by atoms with Gasteiger partial charge in [-0.3, -0.25) is 4.79 Å². The van der Waals surface area contributed by atoms with Gasteiger partial charge in [-0.15, -0.1) is 10.2 Å². The number of nitrogens with zero attached hydrogens (tertiary/aromatic N) is 3. The SMILES string of the molecule is Cc1nnc(SCC(=O)N2c3ccccc3CC[C@H]2C)o1. The summed E-state index contributed by atoms with van der Waals surface area (Å²) in [6.07, 6.45) is 2.02. The molecule has 6 heteroatoms. The van der Waals surface area contributed by atoms with Gasteiger partial charge in [-0.1, -0.05) is 30.0 Å². The van der Waals surface area contributed by atoms with Gasteiger partial charge in [-0.05, 0) is 31.4 Å². The van der Waals surface area contributed by atoms with Crippen LogP contribution in [0.5, 0.6) is 0 Å². The third kappa shape index (κ3) is 2.95. The summed E-state index contributed by atoms with van der Waals surface area (Å²) in [7, 11) is 0. The van der Waals surface area contributed by atoms with Gasteiger partial charge < -0.3 is 9.32 Å². The Bertz CT molecular complexity index is 656. The van der Waals surface area contributed by atoms with E-state index in [1.54, 1.807) is 6.92 Å². The first-order valence-corrected chi connectivity index (χ1v) is 7.96. The molecule has 1 amide bonds. The first-order chi connectivity index (χ1) is 10.1. The highest BCUT2D eigenvalue weighted by Gasteiger charge is 2.28. The van der Waals surface area contributed by atoms with Crippen LogP contribution < -0.4 is 4.90 Å². The summed E-state index contributed by atoms with van der Waals surface area (Å²) < 4.78 is 5.29. The molecule has 0 fully saturated rings. The molecule has 0 radical (unpaired) electrons. The molecule has 1 atom stereocenters. The van der Waals surface area contributed by atoms with Gasteiger partial charge in [0.05, 0.1) is 5.75 Å². The van der Waals surface area contributed by atoms with Crippen LogP contribution in [-0.2, 0) is 11.2 Å². The first kappa shape index (κ1) is 14.1. The predicted octanol–water partition coefficient (Wildman–Crippen LogP) is 2.84. The number of carbonyl (C=O) groups is 1. The molecule has 110 valence electrons. The van der Waals surface area contributed by atoms with Crippen LogP contribution in [0.3, 0.4) is 0 Å². The van der Waals surface area contributed by atoms with E-state index in [0.29, 0.717) is 16.9 Å². The molecule has 2 aromatic rings. The van der Waals surface area contributed by atoms with Crippen LogP contribution in [0.1, 0.15) is 24.8 Å². The highest BCUT2D eigenvalue weighted by Crippen LogP contribution is 2.31. The molecule has 0 saturated carbocycles. The van der Waals surface area contributed by atoms with Gasteiger partial charge in [0.15, 0.2) is 0 Å². The third-order valence-electron chi connectivity index (χ3n) is 3.62. The minimum absolute atomic E-state index is 0.0792. The Balaban J connectivity index is 1.74. The summed E-state index contributed by atoms with van der Waals surface area (Å²) in [6.45, 7) is 3.83. The fraction of sp³-hybridized carbons (Fsp3) is 0.400. The van der Waals surface area contributed by atoms with Crippen molar-refractivity contribution in [3.05, 3.63) is 35.7 Å². The minimum Gasteiger partial charge on any atom is -0.416 e. The lowest BCUT2D eigenvalue weighted by molar-refractivity contribution is -0.116. The molecule has 0 spiro atoms. The molecule has 0 unspecified atom stereocenters. The summed E-state index contributed by atoms with van der Waals surface area (Å²) in [5.41, 5.74) is 2.27. The van der Waals surface area contributed by atoms with Crippen LogP contribution in [0.25, 0.3) is 0 Å². The number of aromatic nitrogens is 2. The van der Waals surface area contributed by atoms with Crippen molar-refractivity contribution in [1.82, 2.24) is 10.2 Å². The lowest BCUT2D eigenvalue weighted by Gasteiger charge is -2.35. The maximum Gasteiger partial charge on any atom is 0.277 e. The van der Waals surface area contributed by atoms with E-state index in [-0.39, 0.29) is 11.9 Å². The Hall–Kier alpha value is -1.82. The van der Waals surface area contributed by atoms with Crippen molar-refractivity contribution in [2.24, 2.45) is 0 Å². The average molecular weight is 303 g/mol. The number of hydrogen-bond acceptors (Lipinski definition) is 5. The smallest absolute Gasteiger partial charge is 0.277 e. The van der Waals surface area contributed by atoms with E-state index in [9.17, 15) is 4.79 Å². The summed E-state index contributed by atoms with van der Waals surface area (Å²) in [5, 5.41) is 8.11. The number of para-hydroxylation sites is 1. The molecule has 1 aliphatic heterocycles. The van der Waals surface area contributed by atoms with Gasteiger partial charge in [0, 0.05) is 18.7 Å². The average Bonchev–Trinajstić information content (AvgIpc) is 2.90. The van der Waals surface area contributed by atoms with E-state index < -0.39 is 0 Å². The molecule has 1 aromatic heterocycles. The number of aryl methyl sites for hydroxylation is 2. The third-order valence-corrected chi connectivity index (χ3v) is 4.42. The summed E-state index contributed by atoms with van der Waals surface area (Å²) in [4.78, 5) is 14.5. The van der Waals surface area contributed by atoms with E-state index in [2.05, 4.69) is 23.2 Å². The van der Waals surface area contributed by atoms with E-state index in [1.807, 2.05) is 23.1 Å². The molecule has 1 aromatic carbocycles. The summed E-state index contributed by atoms with van der Waals surface area (Å²) >= 11 is 1.29. The number of benzene rings is 1. The van der Waals surface area contributed by atoms with E-state index in [1.165, 1.54) is 17.3 Å². The zero-order chi connectivity index (χ0) is 14.8. The first-order valence-electron chi connectivity index (χ1n) is 6.98. The Labute approximate surface area is 127 Å². The van der Waals surface area contributed by atoms with Crippen molar-refractivity contribution in [3.8, 4) is 0 Å². The van der Waals surface area contributed by atoms with Crippen LogP contribution in [0.4, 0.5) is 5.69 Å². The summed E-state index contributed by atoms with van der Waals surface area (Å²) in [5.74, 6) is 0.900. The maximum atomic E-state index is 12.6. The maximum absolute atomic E-state index is 12.6. The van der Waals surface area contributed by atoms with E-state index in [0.717, 1.165) is 18.5 Å². The van der Waals surface area contributed by atoms with Gasteiger partial charge in [0.1, 0.15) is 0 Å². The number of rotatable bonds is 3. The number of anilines is 1. The molecule has 21 heavy (non-hydrogen) atoms. The number of carbonyl (C=O) groups excluding carboxylic acids is 1. The van der Waals surface area contributed by atoms with Crippen LogP contribution in [0, 0.1) is 6.92 Å². The van der Waals surface area contributed by atoms with Gasteiger partial charge in [0.2, 0.25) is 11.8 Å². The Morgan fingerprint density at radius 3 is 3.00 bits per heavy atom. The fourth-order valence-electron chi connectivity index (χ4n) is 2.60. The Morgan fingerprint density at radius 1 is 1.43 bits per heavy atom. The zero-order valence-corrected chi connectivity index (χ0v) is 12.9. The number of fused-ring (bicyclic) bond motifs is 1. The second-order valence-corrected chi connectivity index (χ2v) is 6.08. The lowest BCUT2D eigenvalue weighted by atomic mass is 9.97. The highest BCUT2D eigenvalue weighted by molar-refractivity contribution is 7.99. The van der Waals surface area contributed by atoms with Crippen LogP contribution in [-0.4, -0.2) is 27.9 Å². The molecular formula is C15H17N3O2S. The van der Waals surface area contributed by atoms with E-state index >= 15 is 0 Å². The molecule has 0 aliphatic carbocycles. The second kappa shape index (κ2) is 5.89. The monoisotopic (exact) mass is 303 g/mol. The van der Waals surface area contributed by atoms with Crippen LogP contribution >= 0.6 is 11.8 Å². The van der Waals surface area contributed by atoms with Crippen LogP contribution in [0.15, 0.2) is 33.9 Å². The molecule has 0 saturated heterocycles. The lowest BCUT2D eigenvalue weighted by Crippen LogP contribution is -2.43. The fourth-order valence-corrected chi connectivity index (χ4v) is 3.26. The van der Waals surface area contributed by atoms with Crippen molar-refractivity contribution in [3.63, 3.8) is 0 Å². The molecule has 0 N–H and O–H groups in total. The van der Waals surface area contributed by atoms with Crippen molar-refractivity contribution >= 4 is 23.4 Å². The van der Waals surface area contributed by atoms with Gasteiger partial charge in [-0.25, -0.2) is 0 Å². The standard InChI is InChI=1S/C15H17N3O2S/c1-10-7-8-12-5-3-4-6-13(12)18(10)14(19)9-21-15-17-16-11(2)20-15/h3-6,10H,7-9H2,1-2H3/t10-/m1/s1. The van der Waals surface area contributed by atoms with Crippen molar-refractivity contribution in [2.75, 3.05) is 10.7 Å². The minimum atomic E-state index is 0.0792. The van der Waals surface area contributed by atoms with Crippen molar-refractivity contribution < 1.29 is 9.21 Å². The van der Waals surface area contributed by atoms with Crippen molar-refractivity contribution in [2.45, 2.75) is 38.0 Å². The topological polar surface area (TPSA) is 59.2 Å². The molecular weight excluding hydrogens is 286 g/mol. The van der Waals surface area contributed by atoms with Crippen LogP contribution in [0.2, 0.25) is 0 Å².